The summed E-state index contributed by atoms with van der Waals surface area (Å²) < 4.78 is 1.37. The molecular formula is C14H18B4N4O3. The third kappa shape index (κ3) is 2.18. The van der Waals surface area contributed by atoms with E-state index in [1.54, 1.807) is 56.5 Å². The summed E-state index contributed by atoms with van der Waals surface area (Å²) in [5, 5.41) is 1.86. The maximum Gasteiger partial charge on any atom is 0.263 e. The Hall–Kier alpha value is -2.44. The van der Waals surface area contributed by atoms with Crippen molar-refractivity contribution in [3.63, 3.8) is 0 Å². The van der Waals surface area contributed by atoms with Crippen molar-refractivity contribution >= 4 is 59.8 Å². The highest BCUT2D eigenvalue weighted by molar-refractivity contribution is 6.57. The molecule has 0 bridgehead atoms. The number of hydrogen-bond donors (Lipinski definition) is 2. The van der Waals surface area contributed by atoms with Gasteiger partial charge < -0.3 is 5.73 Å². The molecule has 2 atom stereocenters. The van der Waals surface area contributed by atoms with Crippen LogP contribution in [0.15, 0.2) is 23.0 Å². The molecule has 0 aliphatic carbocycles. The number of anilines is 1. The minimum Gasteiger partial charge on any atom is -0.398 e. The predicted octanol–water partition coefficient (Wildman–Crippen LogP) is -3.97. The van der Waals surface area contributed by atoms with E-state index in [0.29, 0.717) is 17.0 Å². The summed E-state index contributed by atoms with van der Waals surface area (Å²) in [4.78, 5) is 42.7. The number of amides is 2. The SMILES string of the molecule is BC1C(B)(B)C(=O)NC(=O)C1(B)n1c(C)nc2cccc(N)c2c1=O. The summed E-state index contributed by atoms with van der Waals surface area (Å²) in [6.07, 6.45) is 0. The van der Waals surface area contributed by atoms with E-state index in [1.807, 2.05) is 0 Å². The molecule has 2 aromatic rings. The van der Waals surface area contributed by atoms with Crippen LogP contribution in [0.2, 0.25) is 11.0 Å². The van der Waals surface area contributed by atoms with Gasteiger partial charge in [-0.15, -0.1) is 0 Å². The number of carbonyl (C=O) groups is 2. The summed E-state index contributed by atoms with van der Waals surface area (Å²) in [5.41, 5.74) is 5.14. The number of benzene rings is 1. The molecule has 1 aromatic heterocycles. The second-order valence-electron chi connectivity index (χ2n) is 7.42. The molecule has 0 saturated carbocycles. The molecular weight excluding hydrogens is 315 g/mol. The number of hydrogen-bond acceptors (Lipinski definition) is 5. The molecule has 1 aliphatic heterocycles. The standard InChI is InChI=1S/C14H18B4N4O3/c1-5-20-7-4-2-3-6(19)8(7)9(23)22(5)14(18)10(15)13(16,17)11(24)21-12(14)25/h2-4,10H,15-19H2,1H3,(H,21,24,25). The first-order valence-corrected chi connectivity index (χ1v) is 8.17. The van der Waals surface area contributed by atoms with E-state index >= 15 is 0 Å². The van der Waals surface area contributed by atoms with E-state index in [9.17, 15) is 14.4 Å². The Balaban J connectivity index is 2.39. The van der Waals surface area contributed by atoms with Crippen LogP contribution in [-0.4, -0.2) is 52.8 Å². The number of carbonyl (C=O) groups excluding carboxylic acids is 2. The van der Waals surface area contributed by atoms with Crippen molar-refractivity contribution in [1.82, 2.24) is 14.9 Å². The zero-order valence-electron chi connectivity index (χ0n) is 15.0. The molecule has 0 spiro atoms. The van der Waals surface area contributed by atoms with Crippen molar-refractivity contribution in [3.8, 4) is 0 Å². The molecule has 1 fully saturated rings. The Morgan fingerprint density at radius 2 is 1.84 bits per heavy atom. The van der Waals surface area contributed by atoms with E-state index in [1.165, 1.54) is 4.57 Å². The number of nitrogens with zero attached hydrogens (tertiary/aromatic N) is 2. The molecule has 3 rings (SSSR count). The molecule has 1 aromatic carbocycles. The van der Waals surface area contributed by atoms with E-state index in [4.69, 9.17) is 5.73 Å². The fourth-order valence-corrected chi connectivity index (χ4v) is 3.70. The average molecular weight is 334 g/mol. The number of piperidine rings is 1. The fraction of sp³-hybridized carbons (Fsp3) is 0.286. The summed E-state index contributed by atoms with van der Waals surface area (Å²) in [5.74, 6) is -0.883. The average Bonchev–Trinajstić information content (AvgIpc) is 2.52. The van der Waals surface area contributed by atoms with Gasteiger partial charge in [-0.3, -0.25) is 24.3 Å². The van der Waals surface area contributed by atoms with Gasteiger partial charge in [-0.25, -0.2) is 4.98 Å². The fourth-order valence-electron chi connectivity index (χ4n) is 3.70. The second-order valence-corrected chi connectivity index (χ2v) is 7.42. The Bertz CT molecular complexity index is 990. The van der Waals surface area contributed by atoms with Crippen LogP contribution in [-0.2, 0) is 15.0 Å². The molecule has 25 heavy (non-hydrogen) atoms. The Morgan fingerprint density at radius 3 is 2.48 bits per heavy atom. The summed E-state index contributed by atoms with van der Waals surface area (Å²) >= 11 is 0. The van der Waals surface area contributed by atoms with Crippen molar-refractivity contribution in [2.45, 2.75) is 23.4 Å². The monoisotopic (exact) mass is 334 g/mol. The van der Waals surface area contributed by atoms with Crippen LogP contribution >= 0.6 is 0 Å². The molecule has 2 amide bonds. The summed E-state index contributed by atoms with van der Waals surface area (Å²) in [6.45, 7) is 1.68. The van der Waals surface area contributed by atoms with Crippen LogP contribution in [0.4, 0.5) is 5.69 Å². The molecule has 2 unspecified atom stereocenters. The topological polar surface area (TPSA) is 107 Å². The van der Waals surface area contributed by atoms with Crippen LogP contribution in [0.3, 0.4) is 0 Å². The smallest absolute Gasteiger partial charge is 0.263 e. The Labute approximate surface area is 148 Å². The van der Waals surface area contributed by atoms with Gasteiger partial charge in [0.15, 0.2) is 0 Å². The third-order valence-corrected chi connectivity index (χ3v) is 5.76. The summed E-state index contributed by atoms with van der Waals surface area (Å²) in [6, 6.07) is 5.07. The minimum atomic E-state index is -1.26. The maximum absolute atomic E-state index is 13.2. The van der Waals surface area contributed by atoms with Crippen molar-refractivity contribution in [2.24, 2.45) is 0 Å². The van der Waals surface area contributed by atoms with Crippen LogP contribution in [0, 0.1) is 6.92 Å². The normalized spacial score (nSPS) is 25.7. The minimum absolute atomic E-state index is 0.282. The number of aryl methyl sites for hydroxylation is 1. The van der Waals surface area contributed by atoms with Gasteiger partial charge in [0.25, 0.3) is 5.56 Å². The maximum atomic E-state index is 13.2. The van der Waals surface area contributed by atoms with Crippen LogP contribution in [0.1, 0.15) is 5.82 Å². The Kier molecular flexibility index (Phi) is 3.67. The van der Waals surface area contributed by atoms with Crippen LogP contribution in [0.25, 0.3) is 10.9 Å². The van der Waals surface area contributed by atoms with Gasteiger partial charge in [-0.1, -0.05) is 6.07 Å². The lowest BCUT2D eigenvalue weighted by Crippen LogP contribution is -2.66. The quantitative estimate of drug-likeness (QED) is 0.314. The van der Waals surface area contributed by atoms with E-state index < -0.39 is 22.4 Å². The van der Waals surface area contributed by atoms with Crippen molar-refractivity contribution in [3.05, 3.63) is 34.4 Å². The highest BCUT2D eigenvalue weighted by atomic mass is 16.2. The first kappa shape index (κ1) is 17.4. The van der Waals surface area contributed by atoms with Gasteiger partial charge in [0.05, 0.1) is 16.3 Å². The number of aromatic nitrogens is 2. The Morgan fingerprint density at radius 1 is 1.20 bits per heavy atom. The molecule has 1 aliphatic rings. The lowest BCUT2D eigenvalue weighted by Gasteiger charge is -2.48. The lowest BCUT2D eigenvalue weighted by atomic mass is 9.35. The molecule has 7 nitrogen and oxygen atoms in total. The highest BCUT2D eigenvalue weighted by Gasteiger charge is 2.55. The number of nitrogens with one attached hydrogen (secondary N) is 1. The molecule has 2 heterocycles. The number of imide groups is 1. The van der Waals surface area contributed by atoms with Gasteiger partial charge >= 0.3 is 0 Å². The number of nitrogens with two attached hydrogens (primary N) is 1. The molecule has 11 heteroatoms. The van der Waals surface area contributed by atoms with Gasteiger partial charge in [-0.2, -0.15) is 0 Å². The zero-order chi connectivity index (χ0) is 18.7. The summed E-state index contributed by atoms with van der Waals surface area (Å²) in [7, 11) is 7.01. The third-order valence-electron chi connectivity index (χ3n) is 5.76. The van der Waals surface area contributed by atoms with Crippen molar-refractivity contribution in [2.75, 3.05) is 5.73 Å². The second kappa shape index (κ2) is 5.28. The zero-order valence-corrected chi connectivity index (χ0v) is 15.0. The number of nitrogen functional groups attached to an aromatic ring is 1. The number of rotatable bonds is 1. The lowest BCUT2D eigenvalue weighted by molar-refractivity contribution is -0.138. The van der Waals surface area contributed by atoms with Gasteiger partial charge in [0.2, 0.25) is 11.8 Å². The van der Waals surface area contributed by atoms with Crippen LogP contribution < -0.4 is 16.6 Å². The van der Waals surface area contributed by atoms with Gasteiger partial charge in [0, 0.05) is 5.69 Å². The van der Waals surface area contributed by atoms with Crippen molar-refractivity contribution < 1.29 is 9.59 Å². The van der Waals surface area contributed by atoms with Gasteiger partial charge in [-0.05, 0) is 30.1 Å². The molecule has 1 saturated heterocycles. The van der Waals surface area contributed by atoms with E-state index in [0.717, 1.165) is 0 Å². The highest BCUT2D eigenvalue weighted by Crippen LogP contribution is 2.45. The largest absolute Gasteiger partial charge is 0.398 e. The van der Waals surface area contributed by atoms with E-state index in [-0.39, 0.29) is 16.9 Å². The molecule has 0 radical (unpaired) electrons. The first-order valence-electron chi connectivity index (χ1n) is 8.17. The number of fused-ring (bicyclic) bond motifs is 1. The van der Waals surface area contributed by atoms with E-state index in [2.05, 4.69) is 10.3 Å². The first-order chi connectivity index (χ1) is 11.5. The van der Waals surface area contributed by atoms with Crippen molar-refractivity contribution in [1.29, 1.82) is 0 Å². The van der Waals surface area contributed by atoms with Crippen LogP contribution in [0.5, 0.6) is 0 Å². The predicted molar refractivity (Wildman–Crippen MR) is 107 cm³/mol. The van der Waals surface area contributed by atoms with Gasteiger partial charge in [0.1, 0.15) is 37.2 Å². The molecule has 124 valence electrons. The molecule has 3 N–H and O–H groups in total.